The minimum Gasteiger partial charge on any atom is -0.478 e. The van der Waals surface area contributed by atoms with Crippen molar-refractivity contribution in [2.75, 3.05) is 23.9 Å². The van der Waals surface area contributed by atoms with E-state index in [1.165, 1.54) is 18.2 Å². The Labute approximate surface area is 155 Å². The van der Waals surface area contributed by atoms with E-state index in [4.69, 9.17) is 0 Å². The SMILES string of the molecule is CN(C)c1ccc2c3c(cccc13)C(=O)N(c1cccc(C(=O)O)c1)C2=O. The number of carbonyl (C=O) groups is 3. The van der Waals surface area contributed by atoms with Crippen LogP contribution in [0.2, 0.25) is 0 Å². The van der Waals surface area contributed by atoms with Crippen LogP contribution in [-0.2, 0) is 0 Å². The number of rotatable bonds is 3. The van der Waals surface area contributed by atoms with E-state index < -0.39 is 17.8 Å². The van der Waals surface area contributed by atoms with Crippen LogP contribution in [0.25, 0.3) is 10.8 Å². The number of carboxylic acid groups (broad SMARTS) is 1. The Morgan fingerprint density at radius 3 is 2.26 bits per heavy atom. The number of hydrogen-bond acceptors (Lipinski definition) is 4. The summed E-state index contributed by atoms with van der Waals surface area (Å²) in [7, 11) is 3.81. The summed E-state index contributed by atoms with van der Waals surface area (Å²) in [5.74, 6) is -2.04. The van der Waals surface area contributed by atoms with Gasteiger partial charge in [0.1, 0.15) is 0 Å². The summed E-state index contributed by atoms with van der Waals surface area (Å²) >= 11 is 0. The number of carbonyl (C=O) groups excluding carboxylic acids is 2. The van der Waals surface area contributed by atoms with Crippen molar-refractivity contribution in [3.8, 4) is 0 Å². The van der Waals surface area contributed by atoms with Gasteiger partial charge in [-0.1, -0.05) is 18.2 Å². The summed E-state index contributed by atoms with van der Waals surface area (Å²) in [6, 6.07) is 14.7. The molecule has 0 spiro atoms. The standard InChI is InChI=1S/C21H16N2O4/c1-22(2)17-10-9-16-18-14(17)7-4-8-15(18)19(24)23(20(16)25)13-6-3-5-12(11-13)21(26)27/h3-11H,1-2H3,(H,26,27). The number of benzene rings is 3. The zero-order valence-electron chi connectivity index (χ0n) is 14.8. The first-order chi connectivity index (χ1) is 12.9. The van der Waals surface area contributed by atoms with Crippen molar-refractivity contribution in [3.05, 3.63) is 71.3 Å². The second kappa shape index (κ2) is 5.95. The quantitative estimate of drug-likeness (QED) is 0.724. The summed E-state index contributed by atoms with van der Waals surface area (Å²) in [4.78, 5) is 40.5. The molecule has 6 heteroatoms. The van der Waals surface area contributed by atoms with Gasteiger partial charge in [-0.2, -0.15) is 0 Å². The van der Waals surface area contributed by atoms with Crippen LogP contribution in [-0.4, -0.2) is 37.0 Å². The molecule has 0 fully saturated rings. The third-order valence-electron chi connectivity index (χ3n) is 4.72. The predicted octanol–water partition coefficient (Wildman–Crippen LogP) is 3.40. The van der Waals surface area contributed by atoms with E-state index in [0.29, 0.717) is 16.5 Å². The van der Waals surface area contributed by atoms with Gasteiger partial charge in [-0.25, -0.2) is 9.69 Å². The van der Waals surface area contributed by atoms with Crippen LogP contribution in [0.5, 0.6) is 0 Å². The smallest absolute Gasteiger partial charge is 0.335 e. The van der Waals surface area contributed by atoms with E-state index in [1.54, 1.807) is 24.3 Å². The van der Waals surface area contributed by atoms with Gasteiger partial charge in [0.15, 0.2) is 0 Å². The molecule has 3 aromatic carbocycles. The Morgan fingerprint density at radius 2 is 1.59 bits per heavy atom. The van der Waals surface area contributed by atoms with Gasteiger partial charge in [0, 0.05) is 41.7 Å². The van der Waals surface area contributed by atoms with Gasteiger partial charge in [0.2, 0.25) is 0 Å². The molecule has 6 nitrogen and oxygen atoms in total. The van der Waals surface area contributed by atoms with Crippen LogP contribution in [0, 0.1) is 0 Å². The summed E-state index contributed by atoms with van der Waals surface area (Å²) in [6.45, 7) is 0. The molecule has 0 saturated heterocycles. The Morgan fingerprint density at radius 1 is 0.926 bits per heavy atom. The molecule has 1 aliphatic rings. The lowest BCUT2D eigenvalue weighted by molar-refractivity contribution is 0.0695. The van der Waals surface area contributed by atoms with Gasteiger partial charge < -0.3 is 10.0 Å². The Balaban J connectivity index is 1.95. The third kappa shape index (κ3) is 2.45. The summed E-state index contributed by atoms with van der Waals surface area (Å²) < 4.78 is 0. The van der Waals surface area contributed by atoms with Crippen molar-refractivity contribution in [2.45, 2.75) is 0 Å². The van der Waals surface area contributed by atoms with Gasteiger partial charge >= 0.3 is 5.97 Å². The van der Waals surface area contributed by atoms with Gasteiger partial charge in [-0.05, 0) is 36.4 Å². The van der Waals surface area contributed by atoms with Crippen molar-refractivity contribution in [3.63, 3.8) is 0 Å². The molecule has 2 amide bonds. The summed E-state index contributed by atoms with van der Waals surface area (Å²) in [5, 5.41) is 10.7. The number of aromatic carboxylic acids is 1. The van der Waals surface area contributed by atoms with Crippen LogP contribution < -0.4 is 9.80 Å². The molecule has 27 heavy (non-hydrogen) atoms. The Bertz CT molecular complexity index is 1110. The molecule has 0 saturated carbocycles. The zero-order chi connectivity index (χ0) is 19.3. The highest BCUT2D eigenvalue weighted by Crippen LogP contribution is 2.37. The largest absolute Gasteiger partial charge is 0.478 e. The van der Waals surface area contributed by atoms with Crippen molar-refractivity contribution >= 4 is 39.9 Å². The topological polar surface area (TPSA) is 77.9 Å². The maximum absolute atomic E-state index is 13.1. The maximum atomic E-state index is 13.1. The van der Waals surface area contributed by atoms with E-state index in [1.807, 2.05) is 31.1 Å². The lowest BCUT2D eigenvalue weighted by Crippen LogP contribution is -2.40. The fourth-order valence-corrected chi connectivity index (χ4v) is 3.48. The Hall–Kier alpha value is -3.67. The number of anilines is 2. The molecule has 0 atom stereocenters. The number of hydrogen-bond donors (Lipinski definition) is 1. The molecule has 134 valence electrons. The van der Waals surface area contributed by atoms with E-state index in [2.05, 4.69) is 0 Å². The molecular formula is C21H16N2O4. The van der Waals surface area contributed by atoms with Gasteiger partial charge in [-0.3, -0.25) is 9.59 Å². The molecule has 3 aromatic rings. The number of amides is 2. The molecule has 0 unspecified atom stereocenters. The van der Waals surface area contributed by atoms with Gasteiger partial charge in [-0.15, -0.1) is 0 Å². The third-order valence-corrected chi connectivity index (χ3v) is 4.72. The lowest BCUT2D eigenvalue weighted by atomic mass is 9.92. The fraction of sp³-hybridized carbons (Fsp3) is 0.0952. The van der Waals surface area contributed by atoms with Crippen molar-refractivity contribution in [1.29, 1.82) is 0 Å². The molecule has 1 N–H and O–H groups in total. The number of carboxylic acids is 1. The van der Waals surface area contributed by atoms with Crippen molar-refractivity contribution < 1.29 is 19.5 Å². The highest BCUT2D eigenvalue weighted by molar-refractivity contribution is 6.36. The van der Waals surface area contributed by atoms with Gasteiger partial charge in [0.25, 0.3) is 11.8 Å². The molecule has 1 heterocycles. The maximum Gasteiger partial charge on any atom is 0.335 e. The molecule has 0 aromatic heterocycles. The zero-order valence-corrected chi connectivity index (χ0v) is 14.8. The second-order valence-corrected chi connectivity index (χ2v) is 6.56. The fourth-order valence-electron chi connectivity index (χ4n) is 3.48. The lowest BCUT2D eigenvalue weighted by Gasteiger charge is -2.28. The highest BCUT2D eigenvalue weighted by Gasteiger charge is 2.34. The monoisotopic (exact) mass is 360 g/mol. The van der Waals surface area contributed by atoms with Crippen LogP contribution in [0.3, 0.4) is 0 Å². The Kier molecular flexibility index (Phi) is 3.70. The van der Waals surface area contributed by atoms with Crippen LogP contribution in [0.15, 0.2) is 54.6 Å². The summed E-state index contributed by atoms with van der Waals surface area (Å²) in [5.41, 5.74) is 2.01. The van der Waals surface area contributed by atoms with E-state index in [-0.39, 0.29) is 11.3 Å². The molecule has 0 bridgehead atoms. The molecular weight excluding hydrogens is 344 g/mol. The average molecular weight is 360 g/mol. The number of imide groups is 1. The van der Waals surface area contributed by atoms with E-state index in [9.17, 15) is 19.5 Å². The second-order valence-electron chi connectivity index (χ2n) is 6.56. The van der Waals surface area contributed by atoms with E-state index in [0.717, 1.165) is 16.0 Å². The average Bonchev–Trinajstić information content (AvgIpc) is 2.65. The molecule has 1 aliphatic heterocycles. The first-order valence-electron chi connectivity index (χ1n) is 8.35. The molecule has 4 rings (SSSR count). The van der Waals surface area contributed by atoms with Crippen LogP contribution in [0.1, 0.15) is 31.1 Å². The first kappa shape index (κ1) is 16.8. The highest BCUT2D eigenvalue weighted by atomic mass is 16.4. The van der Waals surface area contributed by atoms with E-state index >= 15 is 0 Å². The van der Waals surface area contributed by atoms with Crippen molar-refractivity contribution in [2.24, 2.45) is 0 Å². The predicted molar refractivity (Wildman–Crippen MR) is 103 cm³/mol. The normalized spacial score (nSPS) is 13.2. The number of nitrogens with zero attached hydrogens (tertiary/aromatic N) is 2. The minimum atomic E-state index is -1.12. The molecule has 0 radical (unpaired) electrons. The summed E-state index contributed by atoms with van der Waals surface area (Å²) in [6.07, 6.45) is 0. The minimum absolute atomic E-state index is 0.0139. The molecule has 0 aliphatic carbocycles. The van der Waals surface area contributed by atoms with Crippen LogP contribution in [0.4, 0.5) is 11.4 Å². The van der Waals surface area contributed by atoms with Crippen LogP contribution >= 0.6 is 0 Å². The van der Waals surface area contributed by atoms with Crippen molar-refractivity contribution in [1.82, 2.24) is 0 Å². The van der Waals surface area contributed by atoms with Gasteiger partial charge in [0.05, 0.1) is 11.3 Å². The first-order valence-corrected chi connectivity index (χ1v) is 8.35.